The van der Waals surface area contributed by atoms with Gasteiger partial charge in [0.15, 0.2) is 16.8 Å². The number of aliphatic hydroxyl groups excluding tert-OH is 2. The van der Waals surface area contributed by atoms with Crippen LogP contribution in [0.3, 0.4) is 0 Å². The standard InChI is InChI=1S/C19H25N11O9P2S3/c20-18-25-15-10(16(33)26-18)27-28-29(15)17-13(12(32)9(44-17)4-37-40(34)42)39-41(35,43)38-3-8-11(31)7(2-36-8)6-1-24-30-14(6)22-5-23-19(30)21/h1,5,7-9,11-13,17,31-32,40H,2-4H2,(H,34,42)(H,35,43)(H2,21,22,23)(H3,20,25,26,33)/t7?,8-,9-,11+,12-,13-,17-,41?/m1/s1. The van der Waals surface area contributed by atoms with Crippen molar-refractivity contribution in [1.82, 2.24) is 44.5 Å². The highest BCUT2D eigenvalue weighted by Gasteiger charge is 2.50. The first-order valence-corrected chi connectivity index (χ1v) is 18.9. The van der Waals surface area contributed by atoms with Crippen molar-refractivity contribution < 1.29 is 37.7 Å². The lowest BCUT2D eigenvalue weighted by Crippen LogP contribution is -2.35. The maximum absolute atomic E-state index is 13.5. The molecule has 6 rings (SSSR count). The molecule has 44 heavy (non-hydrogen) atoms. The number of aliphatic hydroxyl groups is 2. The lowest BCUT2D eigenvalue weighted by atomic mass is 9.96. The Labute approximate surface area is 261 Å². The summed E-state index contributed by atoms with van der Waals surface area (Å²) >= 11 is 8.89. The maximum Gasteiger partial charge on any atom is 0.386 e. The molecule has 0 saturated carbocycles. The number of fused-ring (bicyclic) bond motifs is 2. The van der Waals surface area contributed by atoms with Crippen LogP contribution in [0.15, 0.2) is 17.3 Å². The van der Waals surface area contributed by atoms with Gasteiger partial charge in [-0.3, -0.25) is 23.4 Å². The summed E-state index contributed by atoms with van der Waals surface area (Å²) in [5.74, 6) is -0.652. The lowest BCUT2D eigenvalue weighted by molar-refractivity contribution is -0.00641. The Morgan fingerprint density at radius 1 is 1.25 bits per heavy atom. The minimum absolute atomic E-state index is 0.0305. The van der Waals surface area contributed by atoms with Crippen molar-refractivity contribution >= 4 is 79.0 Å². The fourth-order valence-corrected chi connectivity index (χ4v) is 8.58. The van der Waals surface area contributed by atoms with E-state index in [1.807, 2.05) is 0 Å². The quantitative estimate of drug-likeness (QED) is 0.0800. The van der Waals surface area contributed by atoms with Gasteiger partial charge in [0.05, 0.1) is 43.5 Å². The molecule has 2 aliphatic heterocycles. The Bertz CT molecular complexity index is 1830. The van der Waals surface area contributed by atoms with E-state index in [1.54, 1.807) is 0 Å². The first-order valence-electron chi connectivity index (χ1n) is 12.6. The second-order valence-corrected chi connectivity index (χ2v) is 15.8. The molecule has 20 nitrogen and oxygen atoms in total. The molecule has 0 bridgehead atoms. The van der Waals surface area contributed by atoms with Gasteiger partial charge in [0.1, 0.15) is 23.9 Å². The third kappa shape index (κ3) is 6.10. The Hall–Kier alpha value is -2.30. The van der Waals surface area contributed by atoms with E-state index in [-0.39, 0.29) is 36.3 Å². The Morgan fingerprint density at radius 3 is 2.82 bits per heavy atom. The van der Waals surface area contributed by atoms with Crippen molar-refractivity contribution in [2.75, 3.05) is 31.3 Å². The number of rotatable bonds is 10. The fraction of sp³-hybridized carbons (Fsp3) is 0.526. The number of aromatic nitrogens is 9. The molecule has 25 heteroatoms. The molecular formula is C19H25N11O9P2S3. The Kier molecular flexibility index (Phi) is 8.98. The van der Waals surface area contributed by atoms with E-state index in [0.717, 1.165) is 11.8 Å². The zero-order chi connectivity index (χ0) is 31.3. The van der Waals surface area contributed by atoms with E-state index in [0.29, 0.717) is 11.2 Å². The molecule has 9 atom stereocenters. The summed E-state index contributed by atoms with van der Waals surface area (Å²) in [7, 11) is -2.65. The second-order valence-electron chi connectivity index (χ2n) is 9.66. The molecule has 0 amide bonds. The minimum Gasteiger partial charge on any atom is -0.390 e. The molecule has 238 valence electrons. The number of aromatic amines is 1. The monoisotopic (exact) mass is 709 g/mol. The Morgan fingerprint density at radius 2 is 2.05 bits per heavy atom. The van der Waals surface area contributed by atoms with Crippen molar-refractivity contribution in [3.8, 4) is 0 Å². The number of hydrogen-bond donors (Lipinski definition) is 7. The van der Waals surface area contributed by atoms with Crippen molar-refractivity contribution in [3.63, 3.8) is 0 Å². The number of nitrogens with two attached hydrogens (primary N) is 2. The maximum atomic E-state index is 13.5. The molecule has 0 radical (unpaired) electrons. The molecule has 2 saturated heterocycles. The SMILES string of the molecule is Nc1nc2c(nnn2[C@@H]2S[C@H](CO[PH](=O)S)[C@@H](O)[C@H]2OP(=O)(S)OC[C@H]2OCC(c3cnn4c(N)ncnc34)[C@@H]2O)c(=O)[nH]1. The van der Waals surface area contributed by atoms with Crippen molar-refractivity contribution in [1.29, 1.82) is 0 Å². The summed E-state index contributed by atoms with van der Waals surface area (Å²) in [6.45, 7) is -4.82. The van der Waals surface area contributed by atoms with Gasteiger partial charge in [-0.05, 0) is 0 Å². The van der Waals surface area contributed by atoms with Crippen molar-refractivity contribution in [2.24, 2.45) is 0 Å². The van der Waals surface area contributed by atoms with Crippen molar-refractivity contribution in [3.05, 3.63) is 28.4 Å². The van der Waals surface area contributed by atoms with Crippen LogP contribution < -0.4 is 17.0 Å². The van der Waals surface area contributed by atoms with Crippen LogP contribution in [0.5, 0.6) is 0 Å². The van der Waals surface area contributed by atoms with E-state index < -0.39 is 67.2 Å². The van der Waals surface area contributed by atoms with Gasteiger partial charge >= 0.3 is 6.80 Å². The van der Waals surface area contributed by atoms with E-state index in [9.17, 15) is 24.1 Å². The van der Waals surface area contributed by atoms with E-state index >= 15 is 0 Å². The Balaban J connectivity index is 1.19. The molecular weight excluding hydrogens is 684 g/mol. The number of hydrogen-bond acceptors (Lipinski definition) is 18. The van der Waals surface area contributed by atoms with Gasteiger partial charge in [-0.15, -0.1) is 16.9 Å². The normalized spacial score (nSPS) is 29.4. The fourth-order valence-electron chi connectivity index (χ4n) is 4.91. The number of thiol groups is 2. The number of anilines is 2. The summed E-state index contributed by atoms with van der Waals surface area (Å²) in [6.07, 6.45) is -2.00. The topological polar surface area (TPSA) is 283 Å². The van der Waals surface area contributed by atoms with Crippen LogP contribution in [-0.2, 0) is 27.4 Å². The number of nitrogens with one attached hydrogen (secondary N) is 1. The third-order valence-electron chi connectivity index (χ3n) is 6.98. The molecule has 0 aromatic carbocycles. The number of H-pyrrole nitrogens is 1. The minimum atomic E-state index is -4.28. The number of nitrogen functional groups attached to an aromatic ring is 2. The summed E-state index contributed by atoms with van der Waals surface area (Å²) < 4.78 is 49.5. The van der Waals surface area contributed by atoms with Crippen LogP contribution in [0.4, 0.5) is 11.9 Å². The van der Waals surface area contributed by atoms with Crippen LogP contribution in [-0.4, -0.2) is 104 Å². The van der Waals surface area contributed by atoms with Crippen LogP contribution >= 0.6 is 50.3 Å². The number of ether oxygens (including phenoxy) is 1. The van der Waals surface area contributed by atoms with Gasteiger partial charge in [-0.2, -0.15) is 14.6 Å². The third-order valence-corrected chi connectivity index (χ3v) is 10.9. The van der Waals surface area contributed by atoms with Crippen LogP contribution in [0.25, 0.3) is 16.8 Å². The molecule has 0 aliphatic carbocycles. The van der Waals surface area contributed by atoms with Gasteiger partial charge in [-0.1, -0.05) is 29.7 Å². The summed E-state index contributed by atoms with van der Waals surface area (Å²) in [6, 6.07) is 0. The van der Waals surface area contributed by atoms with Gasteiger partial charge in [0.2, 0.25) is 19.1 Å². The zero-order valence-corrected chi connectivity index (χ0v) is 26.6. The van der Waals surface area contributed by atoms with Gasteiger partial charge in [0, 0.05) is 11.5 Å². The van der Waals surface area contributed by atoms with Gasteiger partial charge in [0.25, 0.3) is 5.56 Å². The van der Waals surface area contributed by atoms with Crippen molar-refractivity contribution in [2.45, 2.75) is 41.0 Å². The molecule has 0 spiro atoms. The first kappa shape index (κ1) is 31.7. The summed E-state index contributed by atoms with van der Waals surface area (Å²) in [5.41, 5.74) is 11.7. The molecule has 2 fully saturated rings. The number of nitrogens with zero attached hydrogens (tertiary/aromatic N) is 8. The summed E-state index contributed by atoms with van der Waals surface area (Å²) in [5, 5.41) is 32.3. The molecule has 3 unspecified atom stereocenters. The zero-order valence-electron chi connectivity index (χ0n) is 22.1. The molecule has 6 heterocycles. The van der Waals surface area contributed by atoms with Crippen LogP contribution in [0.1, 0.15) is 16.9 Å². The average molecular weight is 710 g/mol. The lowest BCUT2D eigenvalue weighted by Gasteiger charge is -2.26. The highest BCUT2D eigenvalue weighted by Crippen LogP contribution is 2.59. The first-order chi connectivity index (χ1) is 20.9. The molecule has 4 aromatic heterocycles. The summed E-state index contributed by atoms with van der Waals surface area (Å²) in [4.78, 5) is 26.7. The average Bonchev–Trinajstić information content (AvgIpc) is 3.73. The second kappa shape index (κ2) is 12.5. The smallest absolute Gasteiger partial charge is 0.386 e. The predicted molar refractivity (Wildman–Crippen MR) is 162 cm³/mol. The molecule has 2 aliphatic rings. The van der Waals surface area contributed by atoms with E-state index in [2.05, 4.69) is 59.8 Å². The van der Waals surface area contributed by atoms with Gasteiger partial charge < -0.3 is 30.9 Å². The highest BCUT2D eigenvalue weighted by molar-refractivity contribution is 8.44. The molecule has 7 N–H and O–H groups in total. The highest BCUT2D eigenvalue weighted by atomic mass is 32.7. The largest absolute Gasteiger partial charge is 0.390 e. The number of thioether (sulfide) groups is 1. The van der Waals surface area contributed by atoms with Crippen LogP contribution in [0, 0.1) is 0 Å². The van der Waals surface area contributed by atoms with E-state index in [4.69, 9.17) is 29.8 Å². The van der Waals surface area contributed by atoms with E-state index in [1.165, 1.54) is 21.7 Å². The predicted octanol–water partition coefficient (Wildman–Crippen LogP) is -0.589. The van der Waals surface area contributed by atoms with Gasteiger partial charge in [-0.25, -0.2) is 19.2 Å². The van der Waals surface area contributed by atoms with Crippen LogP contribution in [0.2, 0.25) is 0 Å². The molecule has 4 aromatic rings.